The zero-order valence-corrected chi connectivity index (χ0v) is 36.4. The van der Waals surface area contributed by atoms with Gasteiger partial charge in [0.25, 0.3) is 0 Å². The minimum atomic E-state index is -4.29. The summed E-state index contributed by atoms with van der Waals surface area (Å²) in [5.41, 5.74) is 0. The van der Waals surface area contributed by atoms with Crippen molar-refractivity contribution in [2.45, 2.75) is 206 Å². The highest BCUT2D eigenvalue weighted by atomic mass is 31.2. The van der Waals surface area contributed by atoms with Gasteiger partial charge in [-0.1, -0.05) is 161 Å². The predicted octanol–water partition coefficient (Wildman–Crippen LogP) is 13.2. The number of quaternary nitrogens is 1. The van der Waals surface area contributed by atoms with Crippen LogP contribution < -0.4 is 0 Å². The molecular weight excluding hydrogens is 685 g/mol. The lowest BCUT2D eigenvalue weighted by Crippen LogP contribution is -2.37. The van der Waals surface area contributed by atoms with E-state index in [0.717, 1.165) is 44.9 Å². The number of ether oxygens (including phenoxy) is 2. The van der Waals surface area contributed by atoms with Crippen LogP contribution in [-0.2, 0) is 27.9 Å². The molecule has 0 spiro atoms. The molecule has 53 heavy (non-hydrogen) atoms. The molecule has 0 fully saturated rings. The largest absolute Gasteiger partial charge is 0.498 e. The third-order valence-corrected chi connectivity index (χ3v) is 10.6. The van der Waals surface area contributed by atoms with E-state index in [1.165, 1.54) is 135 Å². The van der Waals surface area contributed by atoms with Crippen LogP contribution >= 0.6 is 7.82 Å². The predicted molar refractivity (Wildman–Crippen MR) is 224 cm³/mol. The molecule has 0 aromatic carbocycles. The molecule has 0 saturated heterocycles. The number of nitrogens with zero attached hydrogens (tertiary/aromatic N) is 1. The second-order valence-corrected chi connectivity index (χ2v) is 17.6. The standard InChI is InChI=1S/C44H86NO7P/c1-6-8-10-12-14-16-18-20-21-22-23-24-26-28-30-32-34-36-39-49-41-43(42-51-53(47,48)50-40-38-45(3,4)5)52-44(46)37-35-33-31-29-27-25-19-17-15-13-11-9-7-2/h17,19,36,39,43H,6-16,18,20-35,37-38,40-42H2,1-5H3/p+1/b19-17-,39-36-/t43-/m1/s1. The van der Waals surface area contributed by atoms with E-state index < -0.39 is 13.9 Å². The number of carbonyl (C=O) groups is 1. The van der Waals surface area contributed by atoms with Gasteiger partial charge in [-0.2, -0.15) is 0 Å². The molecule has 0 amide bonds. The van der Waals surface area contributed by atoms with Gasteiger partial charge in [0, 0.05) is 6.42 Å². The van der Waals surface area contributed by atoms with Gasteiger partial charge in [-0.05, 0) is 51.0 Å². The summed E-state index contributed by atoms with van der Waals surface area (Å²) in [4.78, 5) is 22.8. The maximum atomic E-state index is 12.6. The second kappa shape index (κ2) is 37.7. The van der Waals surface area contributed by atoms with Gasteiger partial charge in [0.1, 0.15) is 19.8 Å². The number of likely N-dealkylation sites (N-methyl/N-ethyl adjacent to an activating group) is 1. The average molecular weight is 773 g/mol. The van der Waals surface area contributed by atoms with Gasteiger partial charge in [-0.25, -0.2) is 4.57 Å². The summed E-state index contributed by atoms with van der Waals surface area (Å²) < 4.78 is 34.7. The van der Waals surface area contributed by atoms with Crippen molar-refractivity contribution in [3.8, 4) is 0 Å². The van der Waals surface area contributed by atoms with Crippen molar-refractivity contribution in [1.82, 2.24) is 0 Å². The first kappa shape index (κ1) is 51.8. The fraction of sp³-hybridized carbons (Fsp3) is 0.886. The summed E-state index contributed by atoms with van der Waals surface area (Å²) in [6.07, 6.45) is 43.1. The van der Waals surface area contributed by atoms with E-state index >= 15 is 0 Å². The Kier molecular flexibility index (Phi) is 36.9. The molecule has 0 heterocycles. The molecule has 0 aromatic heterocycles. The molecule has 0 saturated carbocycles. The highest BCUT2D eigenvalue weighted by molar-refractivity contribution is 7.47. The summed E-state index contributed by atoms with van der Waals surface area (Å²) >= 11 is 0. The number of esters is 1. The van der Waals surface area contributed by atoms with Crippen LogP contribution in [0.3, 0.4) is 0 Å². The first-order valence-corrected chi connectivity index (χ1v) is 23.6. The Labute approximate surface area is 328 Å². The maximum Gasteiger partial charge on any atom is 0.472 e. The monoisotopic (exact) mass is 773 g/mol. The topological polar surface area (TPSA) is 91.3 Å². The number of allylic oxidation sites excluding steroid dienone is 3. The third-order valence-electron chi connectivity index (χ3n) is 9.58. The van der Waals surface area contributed by atoms with Crippen LogP contribution in [0.25, 0.3) is 0 Å². The molecule has 2 atom stereocenters. The number of hydrogen-bond donors (Lipinski definition) is 1. The SMILES string of the molecule is CCCCCC/C=C\CCCCCCCC(=O)O[C@H](CO/C=C\CCCCCCCCCCCCCCCCCC)COP(=O)(O)OCC[N+](C)(C)C. The zero-order valence-electron chi connectivity index (χ0n) is 35.5. The molecule has 1 N–H and O–H groups in total. The van der Waals surface area contributed by atoms with Crippen LogP contribution in [0, 0.1) is 0 Å². The molecule has 0 aromatic rings. The van der Waals surface area contributed by atoms with Gasteiger partial charge in [0.2, 0.25) is 0 Å². The Bertz CT molecular complexity index is 905. The van der Waals surface area contributed by atoms with Crippen molar-refractivity contribution in [2.24, 2.45) is 0 Å². The number of phosphoric acid groups is 1. The van der Waals surface area contributed by atoms with E-state index in [-0.39, 0.29) is 25.8 Å². The Balaban J connectivity index is 4.25. The van der Waals surface area contributed by atoms with Gasteiger partial charge in [-0.3, -0.25) is 13.8 Å². The molecular formula is C44H87NO7P+. The van der Waals surface area contributed by atoms with Gasteiger partial charge in [-0.15, -0.1) is 0 Å². The molecule has 9 heteroatoms. The Morgan fingerprint density at radius 3 is 1.47 bits per heavy atom. The van der Waals surface area contributed by atoms with E-state index in [0.29, 0.717) is 17.4 Å². The molecule has 314 valence electrons. The van der Waals surface area contributed by atoms with Crippen molar-refractivity contribution in [3.63, 3.8) is 0 Å². The van der Waals surface area contributed by atoms with E-state index in [2.05, 4.69) is 26.0 Å². The van der Waals surface area contributed by atoms with Gasteiger partial charge in [0.05, 0.1) is 34.0 Å². The summed E-state index contributed by atoms with van der Waals surface area (Å²) in [5, 5.41) is 0. The molecule has 0 aliphatic carbocycles. The Morgan fingerprint density at radius 1 is 0.585 bits per heavy atom. The highest BCUT2D eigenvalue weighted by Crippen LogP contribution is 2.43. The summed E-state index contributed by atoms with van der Waals surface area (Å²) in [6, 6.07) is 0. The molecule has 0 aliphatic rings. The minimum Gasteiger partial charge on any atom is -0.498 e. The van der Waals surface area contributed by atoms with Crippen molar-refractivity contribution < 1.29 is 37.3 Å². The lowest BCUT2D eigenvalue weighted by molar-refractivity contribution is -0.870. The van der Waals surface area contributed by atoms with E-state index in [9.17, 15) is 14.3 Å². The van der Waals surface area contributed by atoms with Crippen LogP contribution in [0.5, 0.6) is 0 Å². The summed E-state index contributed by atoms with van der Waals surface area (Å²) in [6.45, 7) is 4.92. The maximum absolute atomic E-state index is 12.6. The Hall–Kier alpha value is -1.18. The number of hydrogen-bond acceptors (Lipinski definition) is 6. The van der Waals surface area contributed by atoms with Crippen molar-refractivity contribution in [3.05, 3.63) is 24.5 Å². The highest BCUT2D eigenvalue weighted by Gasteiger charge is 2.26. The fourth-order valence-corrected chi connectivity index (χ4v) is 6.84. The van der Waals surface area contributed by atoms with Crippen LogP contribution in [0.2, 0.25) is 0 Å². The molecule has 0 bridgehead atoms. The molecule has 0 radical (unpaired) electrons. The molecule has 1 unspecified atom stereocenters. The fourth-order valence-electron chi connectivity index (χ4n) is 6.10. The van der Waals surface area contributed by atoms with Crippen molar-refractivity contribution in [2.75, 3.05) is 47.5 Å². The van der Waals surface area contributed by atoms with E-state index in [1.54, 1.807) is 6.26 Å². The summed E-state index contributed by atoms with van der Waals surface area (Å²) in [5.74, 6) is -0.343. The normalized spacial score (nSPS) is 13.9. The van der Waals surface area contributed by atoms with Gasteiger partial charge in [0.15, 0.2) is 6.10 Å². The first-order valence-electron chi connectivity index (χ1n) is 22.1. The van der Waals surface area contributed by atoms with Crippen LogP contribution in [0.1, 0.15) is 200 Å². The molecule has 8 nitrogen and oxygen atoms in total. The van der Waals surface area contributed by atoms with Crippen LogP contribution in [-0.4, -0.2) is 69.0 Å². The van der Waals surface area contributed by atoms with Crippen LogP contribution in [0.4, 0.5) is 0 Å². The lowest BCUT2D eigenvalue weighted by atomic mass is 10.0. The second-order valence-electron chi connectivity index (χ2n) is 16.1. The first-order chi connectivity index (χ1) is 25.6. The third kappa shape index (κ3) is 41.8. The summed E-state index contributed by atoms with van der Waals surface area (Å²) in [7, 11) is 1.64. The minimum absolute atomic E-state index is 0.0478. The lowest BCUT2D eigenvalue weighted by Gasteiger charge is -2.24. The number of rotatable bonds is 41. The zero-order chi connectivity index (χ0) is 39.1. The van der Waals surface area contributed by atoms with Crippen molar-refractivity contribution >= 4 is 13.8 Å². The number of phosphoric ester groups is 1. The quantitative estimate of drug-likeness (QED) is 0.0165. The molecule has 0 rings (SSSR count). The average Bonchev–Trinajstić information content (AvgIpc) is 3.11. The number of carbonyl (C=O) groups excluding carboxylic acids is 1. The van der Waals surface area contributed by atoms with Crippen molar-refractivity contribution in [1.29, 1.82) is 0 Å². The van der Waals surface area contributed by atoms with Gasteiger partial charge >= 0.3 is 13.8 Å². The van der Waals surface area contributed by atoms with E-state index in [1.807, 2.05) is 27.2 Å². The van der Waals surface area contributed by atoms with Crippen LogP contribution in [0.15, 0.2) is 24.5 Å². The van der Waals surface area contributed by atoms with E-state index in [4.69, 9.17) is 18.5 Å². The smallest absolute Gasteiger partial charge is 0.472 e. The number of unbranched alkanes of at least 4 members (excludes halogenated alkanes) is 25. The van der Waals surface area contributed by atoms with Gasteiger partial charge < -0.3 is 18.9 Å². The Morgan fingerprint density at radius 2 is 1.00 bits per heavy atom. The molecule has 0 aliphatic heterocycles.